The van der Waals surface area contributed by atoms with Crippen LogP contribution in [0.3, 0.4) is 0 Å². The van der Waals surface area contributed by atoms with Crippen molar-refractivity contribution in [2.45, 2.75) is 29.7 Å². The zero-order valence-corrected chi connectivity index (χ0v) is 13.1. The molecule has 1 aromatic carbocycles. The van der Waals surface area contributed by atoms with Gasteiger partial charge < -0.3 is 4.52 Å². The first-order valence-corrected chi connectivity index (χ1v) is 8.28. The number of hydrogen-bond donors (Lipinski definition) is 1. The maximum Gasteiger partial charge on any atom is 0.237 e. The van der Waals surface area contributed by atoms with E-state index >= 15 is 0 Å². The molecule has 0 saturated heterocycles. The number of aromatic nitrogens is 5. The Balaban J connectivity index is 1.41. The van der Waals surface area contributed by atoms with Crippen molar-refractivity contribution in [3.05, 3.63) is 41.0 Å². The molecule has 1 N–H and O–H groups in total. The lowest BCUT2D eigenvalue weighted by Crippen LogP contribution is -1.84. The van der Waals surface area contributed by atoms with Gasteiger partial charge in [0.15, 0.2) is 0 Å². The van der Waals surface area contributed by atoms with E-state index in [0.29, 0.717) is 33.6 Å². The van der Waals surface area contributed by atoms with Crippen LogP contribution in [0.4, 0.5) is 0 Å². The van der Waals surface area contributed by atoms with Crippen LogP contribution in [0, 0.1) is 0 Å². The number of H-pyrrole nitrogens is 1. The van der Waals surface area contributed by atoms with Crippen molar-refractivity contribution in [1.29, 1.82) is 0 Å². The van der Waals surface area contributed by atoms with Crippen molar-refractivity contribution >= 4 is 23.4 Å². The SMILES string of the molecule is Clc1ccc(-c2noc(CSc3n[nH]c(C4CC4)n3)n2)cc1. The van der Waals surface area contributed by atoms with Crippen LogP contribution in [-0.2, 0) is 5.75 Å². The van der Waals surface area contributed by atoms with Crippen LogP contribution in [-0.4, -0.2) is 25.3 Å². The van der Waals surface area contributed by atoms with Crippen molar-refractivity contribution in [2.24, 2.45) is 0 Å². The van der Waals surface area contributed by atoms with Gasteiger partial charge in [-0.15, -0.1) is 5.10 Å². The molecule has 22 heavy (non-hydrogen) atoms. The van der Waals surface area contributed by atoms with Crippen LogP contribution < -0.4 is 0 Å². The second-order valence-corrected chi connectivity index (χ2v) is 6.46. The van der Waals surface area contributed by atoms with Gasteiger partial charge in [0.05, 0.1) is 5.75 Å². The van der Waals surface area contributed by atoms with E-state index in [1.165, 1.54) is 24.6 Å². The van der Waals surface area contributed by atoms with Crippen LogP contribution >= 0.6 is 23.4 Å². The molecule has 8 heteroatoms. The second kappa shape index (κ2) is 5.73. The standard InChI is InChI=1S/C14H12ClN5OS/c15-10-5-3-9(4-6-10)13-16-11(21-20-13)7-22-14-17-12(18-19-14)8-1-2-8/h3-6,8H,1-2,7H2,(H,17,18,19). The molecule has 1 aliphatic rings. The maximum atomic E-state index is 5.87. The van der Waals surface area contributed by atoms with Crippen molar-refractivity contribution in [2.75, 3.05) is 0 Å². The molecular formula is C14H12ClN5OS. The van der Waals surface area contributed by atoms with Gasteiger partial charge in [-0.1, -0.05) is 28.5 Å². The zero-order valence-electron chi connectivity index (χ0n) is 11.5. The second-order valence-electron chi connectivity index (χ2n) is 5.08. The van der Waals surface area contributed by atoms with Crippen LogP contribution in [0.5, 0.6) is 0 Å². The Kier molecular flexibility index (Phi) is 3.59. The smallest absolute Gasteiger partial charge is 0.237 e. The normalized spacial score (nSPS) is 14.4. The zero-order chi connectivity index (χ0) is 14.9. The Hall–Kier alpha value is -1.86. The number of aromatic amines is 1. The molecule has 0 radical (unpaired) electrons. The summed E-state index contributed by atoms with van der Waals surface area (Å²) in [6, 6.07) is 7.33. The Morgan fingerprint density at radius 3 is 2.82 bits per heavy atom. The summed E-state index contributed by atoms with van der Waals surface area (Å²) < 4.78 is 5.26. The first-order chi connectivity index (χ1) is 10.8. The van der Waals surface area contributed by atoms with Gasteiger partial charge in [0, 0.05) is 16.5 Å². The predicted octanol–water partition coefficient (Wildman–Crippen LogP) is 3.68. The summed E-state index contributed by atoms with van der Waals surface area (Å²) in [7, 11) is 0. The summed E-state index contributed by atoms with van der Waals surface area (Å²) in [5.41, 5.74) is 0.873. The van der Waals surface area contributed by atoms with Crippen LogP contribution in [0.15, 0.2) is 33.9 Å². The summed E-state index contributed by atoms with van der Waals surface area (Å²) in [5, 5.41) is 12.5. The van der Waals surface area contributed by atoms with E-state index in [0.717, 1.165) is 11.4 Å². The number of nitrogens with zero attached hydrogens (tertiary/aromatic N) is 4. The van der Waals surface area contributed by atoms with Crippen LogP contribution in [0.25, 0.3) is 11.4 Å². The van der Waals surface area contributed by atoms with Gasteiger partial charge in [0.1, 0.15) is 5.82 Å². The first kappa shape index (κ1) is 13.8. The maximum absolute atomic E-state index is 5.87. The molecule has 1 saturated carbocycles. The fraction of sp³-hybridized carbons (Fsp3) is 0.286. The summed E-state index contributed by atoms with van der Waals surface area (Å²) in [6.45, 7) is 0. The minimum Gasteiger partial charge on any atom is -0.338 e. The third kappa shape index (κ3) is 3.00. The lowest BCUT2D eigenvalue weighted by molar-refractivity contribution is 0.391. The fourth-order valence-electron chi connectivity index (χ4n) is 2.02. The fourth-order valence-corrected chi connectivity index (χ4v) is 2.79. The predicted molar refractivity (Wildman–Crippen MR) is 82.7 cm³/mol. The number of rotatable bonds is 5. The Labute approximate surface area is 135 Å². The van der Waals surface area contributed by atoms with Gasteiger partial charge in [0.25, 0.3) is 0 Å². The number of hydrogen-bond acceptors (Lipinski definition) is 6. The summed E-state index contributed by atoms with van der Waals surface area (Å²) in [6.07, 6.45) is 2.40. The molecular weight excluding hydrogens is 322 g/mol. The molecule has 0 atom stereocenters. The Morgan fingerprint density at radius 2 is 2.05 bits per heavy atom. The first-order valence-electron chi connectivity index (χ1n) is 6.91. The lowest BCUT2D eigenvalue weighted by atomic mass is 10.2. The minimum atomic E-state index is 0.544. The molecule has 1 fully saturated rings. The summed E-state index contributed by atoms with van der Waals surface area (Å²) in [4.78, 5) is 8.83. The average molecular weight is 334 g/mol. The largest absolute Gasteiger partial charge is 0.338 e. The molecule has 0 unspecified atom stereocenters. The van der Waals surface area contributed by atoms with Crippen molar-refractivity contribution in [3.8, 4) is 11.4 Å². The number of benzene rings is 1. The number of nitrogens with one attached hydrogen (secondary N) is 1. The van der Waals surface area contributed by atoms with E-state index in [1.54, 1.807) is 12.1 Å². The highest BCUT2D eigenvalue weighted by Crippen LogP contribution is 2.38. The third-order valence-electron chi connectivity index (χ3n) is 3.34. The van der Waals surface area contributed by atoms with Gasteiger partial charge in [-0.05, 0) is 37.1 Å². The average Bonchev–Trinajstić information content (AvgIpc) is 3.09. The van der Waals surface area contributed by atoms with Gasteiger partial charge >= 0.3 is 0 Å². The van der Waals surface area contributed by atoms with E-state index in [9.17, 15) is 0 Å². The third-order valence-corrected chi connectivity index (χ3v) is 4.43. The molecule has 2 aromatic heterocycles. The molecule has 0 bridgehead atoms. The van der Waals surface area contributed by atoms with Crippen molar-refractivity contribution in [3.63, 3.8) is 0 Å². The Morgan fingerprint density at radius 1 is 1.23 bits per heavy atom. The molecule has 112 valence electrons. The molecule has 0 aliphatic heterocycles. The molecule has 0 amide bonds. The quantitative estimate of drug-likeness (QED) is 0.717. The highest BCUT2D eigenvalue weighted by molar-refractivity contribution is 7.98. The molecule has 3 aromatic rings. The molecule has 1 aliphatic carbocycles. The van der Waals surface area contributed by atoms with Gasteiger partial charge in [-0.25, -0.2) is 4.98 Å². The van der Waals surface area contributed by atoms with Crippen molar-refractivity contribution < 1.29 is 4.52 Å². The van der Waals surface area contributed by atoms with Gasteiger partial charge in [-0.3, -0.25) is 5.10 Å². The summed E-state index contributed by atoms with van der Waals surface area (Å²) >= 11 is 7.35. The minimum absolute atomic E-state index is 0.544. The molecule has 2 heterocycles. The van der Waals surface area contributed by atoms with Gasteiger partial charge in [0.2, 0.25) is 16.9 Å². The van der Waals surface area contributed by atoms with E-state index < -0.39 is 0 Å². The Bertz CT molecular complexity index is 781. The highest BCUT2D eigenvalue weighted by Gasteiger charge is 2.27. The molecule has 6 nitrogen and oxygen atoms in total. The van der Waals surface area contributed by atoms with Crippen LogP contribution in [0.1, 0.15) is 30.5 Å². The van der Waals surface area contributed by atoms with Gasteiger partial charge in [-0.2, -0.15) is 4.98 Å². The number of halogens is 1. The molecule has 0 spiro atoms. The van der Waals surface area contributed by atoms with Crippen molar-refractivity contribution in [1.82, 2.24) is 25.3 Å². The number of thioether (sulfide) groups is 1. The summed E-state index contributed by atoms with van der Waals surface area (Å²) in [5.74, 6) is 3.20. The highest BCUT2D eigenvalue weighted by atomic mass is 35.5. The van der Waals surface area contributed by atoms with E-state index in [-0.39, 0.29) is 0 Å². The van der Waals surface area contributed by atoms with E-state index in [4.69, 9.17) is 16.1 Å². The monoisotopic (exact) mass is 333 g/mol. The topological polar surface area (TPSA) is 80.5 Å². The molecule has 4 rings (SSSR count). The van der Waals surface area contributed by atoms with Crippen LogP contribution in [0.2, 0.25) is 5.02 Å². The lowest BCUT2D eigenvalue weighted by Gasteiger charge is -1.93. The van der Waals surface area contributed by atoms with E-state index in [1.807, 2.05) is 12.1 Å². The van der Waals surface area contributed by atoms with E-state index in [2.05, 4.69) is 25.3 Å².